The lowest BCUT2D eigenvalue weighted by Crippen LogP contribution is -2.24. The molecule has 0 heterocycles. The number of rotatable bonds is 8. The molecule has 34 heavy (non-hydrogen) atoms. The fourth-order valence-electron chi connectivity index (χ4n) is 7.03. The summed E-state index contributed by atoms with van der Waals surface area (Å²) in [6, 6.07) is 13.7. The summed E-state index contributed by atoms with van der Waals surface area (Å²) in [6.07, 6.45) is 14.6. The molecule has 2 aromatic rings. The summed E-state index contributed by atoms with van der Waals surface area (Å²) in [5.41, 5.74) is 8.27. The van der Waals surface area contributed by atoms with Gasteiger partial charge in [0.15, 0.2) is 0 Å². The number of hydrogen-bond acceptors (Lipinski definition) is 1. The predicted octanol–water partition coefficient (Wildman–Crippen LogP) is 9.30. The molecule has 2 unspecified atom stereocenters. The van der Waals surface area contributed by atoms with Crippen molar-refractivity contribution in [2.75, 3.05) is 0 Å². The van der Waals surface area contributed by atoms with Gasteiger partial charge in [0.2, 0.25) is 0 Å². The fourth-order valence-corrected chi connectivity index (χ4v) is 7.03. The molecule has 0 spiro atoms. The van der Waals surface area contributed by atoms with E-state index in [4.69, 9.17) is 0 Å². The van der Waals surface area contributed by atoms with E-state index in [9.17, 15) is 4.79 Å². The quantitative estimate of drug-likeness (QED) is 0.385. The van der Waals surface area contributed by atoms with Crippen LogP contribution in [0.5, 0.6) is 0 Å². The first kappa shape index (κ1) is 25.2. The second-order valence-corrected chi connectivity index (χ2v) is 11.7. The Bertz CT molecular complexity index is 881. The summed E-state index contributed by atoms with van der Waals surface area (Å²) in [6.45, 7) is 8.89. The number of aryl methyl sites for hydroxylation is 4. The van der Waals surface area contributed by atoms with Crippen molar-refractivity contribution in [1.82, 2.24) is 0 Å². The first-order valence-corrected chi connectivity index (χ1v) is 14.1. The molecule has 0 bridgehead atoms. The molecule has 0 aliphatic heterocycles. The molecule has 184 valence electrons. The summed E-state index contributed by atoms with van der Waals surface area (Å²) in [7, 11) is 0. The third-order valence-electron chi connectivity index (χ3n) is 9.00. The maximum absolute atomic E-state index is 13.9. The number of carbonyl (C=O) groups excluding carboxylic acids is 1. The minimum absolute atomic E-state index is 0.387. The van der Waals surface area contributed by atoms with Gasteiger partial charge in [0, 0.05) is 12.8 Å². The molecule has 2 aliphatic rings. The standard InChI is InChI=1S/C33H46O/c1-23-15-17-25(3)30(19-23)32(27-11-7-5-8-12-27)21-29(34)22-33(28-13-9-6-10-14-28)31-20-24(2)16-18-26(31)4/h15-20,27-28,32-33H,5-14,21-22H2,1-4H3. The molecule has 0 N–H and O–H groups in total. The predicted molar refractivity (Wildman–Crippen MR) is 145 cm³/mol. The Labute approximate surface area is 208 Å². The van der Waals surface area contributed by atoms with Crippen LogP contribution in [-0.4, -0.2) is 5.78 Å². The molecule has 2 aromatic carbocycles. The number of carbonyl (C=O) groups is 1. The van der Waals surface area contributed by atoms with Crippen LogP contribution in [0.2, 0.25) is 0 Å². The van der Waals surface area contributed by atoms with Gasteiger partial charge in [-0.15, -0.1) is 0 Å². The van der Waals surface area contributed by atoms with Crippen molar-refractivity contribution < 1.29 is 4.79 Å². The van der Waals surface area contributed by atoms with Gasteiger partial charge >= 0.3 is 0 Å². The lowest BCUT2D eigenvalue weighted by Gasteiger charge is -2.34. The van der Waals surface area contributed by atoms with Gasteiger partial charge in [0.25, 0.3) is 0 Å². The Morgan fingerprint density at radius 3 is 1.41 bits per heavy atom. The van der Waals surface area contributed by atoms with E-state index >= 15 is 0 Å². The minimum Gasteiger partial charge on any atom is -0.300 e. The second-order valence-electron chi connectivity index (χ2n) is 11.7. The Morgan fingerprint density at radius 2 is 1.03 bits per heavy atom. The van der Waals surface area contributed by atoms with Crippen LogP contribution in [0.3, 0.4) is 0 Å². The number of ketones is 1. The van der Waals surface area contributed by atoms with Gasteiger partial charge in [-0.25, -0.2) is 0 Å². The van der Waals surface area contributed by atoms with Crippen LogP contribution in [0.25, 0.3) is 0 Å². The van der Waals surface area contributed by atoms with Crippen molar-refractivity contribution in [1.29, 1.82) is 0 Å². The van der Waals surface area contributed by atoms with Crippen molar-refractivity contribution in [2.45, 2.75) is 117 Å². The number of Topliss-reactive ketones (excluding diaryl/α,β-unsaturated/α-hetero) is 1. The molecule has 0 radical (unpaired) electrons. The molecule has 4 rings (SSSR count). The van der Waals surface area contributed by atoms with Crippen molar-refractivity contribution in [3.05, 3.63) is 69.8 Å². The van der Waals surface area contributed by atoms with E-state index in [0.717, 1.165) is 12.8 Å². The summed E-state index contributed by atoms with van der Waals surface area (Å²) in [5.74, 6) is 2.59. The second kappa shape index (κ2) is 11.7. The Balaban J connectivity index is 1.59. The van der Waals surface area contributed by atoms with E-state index < -0.39 is 0 Å². The van der Waals surface area contributed by atoms with Crippen molar-refractivity contribution in [3.63, 3.8) is 0 Å². The maximum atomic E-state index is 13.9. The summed E-state index contributed by atoms with van der Waals surface area (Å²) in [4.78, 5) is 13.9. The third kappa shape index (κ3) is 6.21. The van der Waals surface area contributed by atoms with Gasteiger partial charge in [-0.2, -0.15) is 0 Å². The molecule has 1 heteroatoms. The van der Waals surface area contributed by atoms with Crippen LogP contribution in [0.4, 0.5) is 0 Å². The van der Waals surface area contributed by atoms with E-state index in [1.807, 2.05) is 0 Å². The Hall–Kier alpha value is -1.89. The topological polar surface area (TPSA) is 17.1 Å². The summed E-state index contributed by atoms with van der Waals surface area (Å²) < 4.78 is 0. The van der Waals surface area contributed by atoms with Crippen LogP contribution < -0.4 is 0 Å². The third-order valence-corrected chi connectivity index (χ3v) is 9.00. The monoisotopic (exact) mass is 458 g/mol. The van der Waals surface area contributed by atoms with Gasteiger partial charge in [-0.05, 0) is 99.3 Å². The zero-order valence-electron chi connectivity index (χ0n) is 22.2. The van der Waals surface area contributed by atoms with Gasteiger partial charge in [0.1, 0.15) is 5.78 Å². The number of benzene rings is 2. The van der Waals surface area contributed by atoms with Crippen LogP contribution in [0, 0.1) is 39.5 Å². The molecule has 1 nitrogen and oxygen atoms in total. The van der Waals surface area contributed by atoms with Crippen LogP contribution in [0.1, 0.15) is 122 Å². The maximum Gasteiger partial charge on any atom is 0.134 e. The van der Waals surface area contributed by atoms with E-state index in [2.05, 4.69) is 64.1 Å². The molecular weight excluding hydrogens is 412 g/mol. The molecule has 2 atom stereocenters. The highest BCUT2D eigenvalue weighted by atomic mass is 16.1. The smallest absolute Gasteiger partial charge is 0.134 e. The van der Waals surface area contributed by atoms with Crippen LogP contribution in [-0.2, 0) is 4.79 Å². The highest BCUT2D eigenvalue weighted by Crippen LogP contribution is 2.43. The SMILES string of the molecule is Cc1ccc(C)c(C(CC(=O)CC(c2cc(C)ccc2C)C2CCCCC2)C2CCCCC2)c1. The van der Waals surface area contributed by atoms with E-state index in [0.29, 0.717) is 29.5 Å². The van der Waals surface area contributed by atoms with Gasteiger partial charge in [-0.3, -0.25) is 4.79 Å². The molecule has 0 aromatic heterocycles. The zero-order valence-corrected chi connectivity index (χ0v) is 22.2. The molecule has 0 amide bonds. The summed E-state index contributed by atoms with van der Waals surface area (Å²) in [5, 5.41) is 0. The Morgan fingerprint density at radius 1 is 0.647 bits per heavy atom. The van der Waals surface area contributed by atoms with E-state index in [1.165, 1.54) is 97.6 Å². The first-order chi connectivity index (χ1) is 16.4. The average molecular weight is 459 g/mol. The van der Waals surface area contributed by atoms with E-state index in [-0.39, 0.29) is 0 Å². The summed E-state index contributed by atoms with van der Waals surface area (Å²) >= 11 is 0. The van der Waals surface area contributed by atoms with Crippen molar-refractivity contribution in [2.24, 2.45) is 11.8 Å². The fraction of sp³-hybridized carbons (Fsp3) is 0.606. The zero-order chi connectivity index (χ0) is 24.1. The molecule has 2 aliphatic carbocycles. The van der Waals surface area contributed by atoms with Gasteiger partial charge in [-0.1, -0.05) is 86.1 Å². The van der Waals surface area contributed by atoms with Gasteiger partial charge in [0.05, 0.1) is 0 Å². The van der Waals surface area contributed by atoms with Gasteiger partial charge < -0.3 is 0 Å². The van der Waals surface area contributed by atoms with Crippen LogP contribution in [0.15, 0.2) is 36.4 Å². The van der Waals surface area contributed by atoms with Crippen LogP contribution >= 0.6 is 0 Å². The minimum atomic E-state index is 0.387. The molecule has 2 fully saturated rings. The lowest BCUT2D eigenvalue weighted by molar-refractivity contribution is -0.120. The lowest BCUT2D eigenvalue weighted by atomic mass is 9.70. The van der Waals surface area contributed by atoms with Crippen molar-refractivity contribution >= 4 is 5.78 Å². The highest BCUT2D eigenvalue weighted by Gasteiger charge is 2.32. The van der Waals surface area contributed by atoms with E-state index in [1.54, 1.807) is 0 Å². The Kier molecular flexibility index (Phi) is 8.67. The molecule has 2 saturated carbocycles. The highest BCUT2D eigenvalue weighted by molar-refractivity contribution is 5.80. The molecule has 0 saturated heterocycles. The van der Waals surface area contributed by atoms with Crippen molar-refractivity contribution in [3.8, 4) is 0 Å². The normalized spacial score (nSPS) is 19.6. The average Bonchev–Trinajstić information content (AvgIpc) is 2.85. The molecular formula is C33H46O. The first-order valence-electron chi connectivity index (χ1n) is 14.1. The largest absolute Gasteiger partial charge is 0.300 e. The number of hydrogen-bond donors (Lipinski definition) is 0.